The molecule has 1 atom stereocenters. The number of nitrogens with zero attached hydrogens (tertiary/aromatic N) is 1. The van der Waals surface area contributed by atoms with Crippen molar-refractivity contribution in [1.29, 1.82) is 5.26 Å². The molecule has 9 heavy (non-hydrogen) atoms. The Morgan fingerprint density at radius 2 is 2.33 bits per heavy atom. The second-order valence-electron chi connectivity index (χ2n) is 2.27. The summed E-state index contributed by atoms with van der Waals surface area (Å²) in [5, 5.41) is 8.44. The first-order chi connectivity index (χ1) is 4.12. The summed E-state index contributed by atoms with van der Waals surface area (Å²) in [4.78, 5) is 0. The highest BCUT2D eigenvalue weighted by Gasteiger charge is 2.15. The molecule has 0 spiro atoms. The third-order valence-corrected chi connectivity index (χ3v) is 1.69. The van der Waals surface area contributed by atoms with Gasteiger partial charge in [0, 0.05) is 0 Å². The third kappa shape index (κ3) is 4.31. The molecule has 0 aromatic rings. The number of thioether (sulfide) groups is 1. The topological polar surface area (TPSA) is 49.8 Å². The maximum Gasteiger partial charge on any atom is 0.102 e. The van der Waals surface area contributed by atoms with Crippen molar-refractivity contribution in [2.75, 3.05) is 12.0 Å². The first-order valence-corrected chi connectivity index (χ1v) is 4.21. The first kappa shape index (κ1) is 8.80. The van der Waals surface area contributed by atoms with Crippen molar-refractivity contribution in [1.82, 2.24) is 0 Å². The molecule has 0 fully saturated rings. The zero-order chi connectivity index (χ0) is 7.33. The van der Waals surface area contributed by atoms with E-state index in [1.54, 1.807) is 18.7 Å². The van der Waals surface area contributed by atoms with E-state index in [9.17, 15) is 0 Å². The second kappa shape index (κ2) is 3.76. The Hall–Kier alpha value is -0.200. The SMILES string of the molecule is CSCCC(C)(N)C#N. The molecular weight excluding hydrogens is 132 g/mol. The zero-order valence-corrected chi connectivity index (χ0v) is 6.66. The van der Waals surface area contributed by atoms with Crippen molar-refractivity contribution < 1.29 is 0 Å². The maximum atomic E-state index is 8.44. The molecule has 0 bridgehead atoms. The smallest absolute Gasteiger partial charge is 0.102 e. The van der Waals surface area contributed by atoms with Gasteiger partial charge in [-0.1, -0.05) is 0 Å². The summed E-state index contributed by atoms with van der Waals surface area (Å²) < 4.78 is 0. The fourth-order valence-electron chi connectivity index (χ4n) is 0.370. The monoisotopic (exact) mass is 144 g/mol. The van der Waals surface area contributed by atoms with E-state index in [1.165, 1.54) is 0 Å². The molecule has 0 saturated heterocycles. The van der Waals surface area contributed by atoms with Gasteiger partial charge in [-0.2, -0.15) is 17.0 Å². The van der Waals surface area contributed by atoms with Crippen LogP contribution >= 0.6 is 11.8 Å². The van der Waals surface area contributed by atoms with Crippen LogP contribution in [0.1, 0.15) is 13.3 Å². The molecule has 0 aromatic heterocycles. The van der Waals surface area contributed by atoms with E-state index < -0.39 is 5.54 Å². The standard InChI is InChI=1S/C6H12N2S/c1-6(8,5-7)3-4-9-2/h3-4,8H2,1-2H3. The molecule has 0 rings (SSSR count). The summed E-state index contributed by atoms with van der Waals surface area (Å²) in [5.41, 5.74) is 4.91. The molecule has 0 aliphatic rings. The van der Waals surface area contributed by atoms with Gasteiger partial charge < -0.3 is 5.73 Å². The van der Waals surface area contributed by atoms with Crippen LogP contribution in [0, 0.1) is 11.3 Å². The van der Waals surface area contributed by atoms with Gasteiger partial charge in [0.05, 0.1) is 6.07 Å². The summed E-state index contributed by atoms with van der Waals surface area (Å²) in [6, 6.07) is 2.04. The van der Waals surface area contributed by atoms with Crippen molar-refractivity contribution in [3.05, 3.63) is 0 Å². The van der Waals surface area contributed by atoms with Gasteiger partial charge in [0.1, 0.15) is 5.54 Å². The lowest BCUT2D eigenvalue weighted by molar-refractivity contribution is 0.583. The molecule has 0 saturated carbocycles. The van der Waals surface area contributed by atoms with E-state index in [0.29, 0.717) is 0 Å². The Morgan fingerprint density at radius 3 is 2.67 bits per heavy atom. The van der Waals surface area contributed by atoms with Crippen molar-refractivity contribution in [3.8, 4) is 6.07 Å². The van der Waals surface area contributed by atoms with Crippen LogP contribution in [0.25, 0.3) is 0 Å². The van der Waals surface area contributed by atoms with Gasteiger partial charge in [-0.05, 0) is 25.4 Å². The lowest BCUT2D eigenvalue weighted by atomic mass is 10.0. The number of nitriles is 1. The van der Waals surface area contributed by atoms with E-state index in [1.807, 2.05) is 12.3 Å². The van der Waals surface area contributed by atoms with Crippen molar-refractivity contribution in [3.63, 3.8) is 0 Å². The number of nitrogens with two attached hydrogens (primary N) is 1. The third-order valence-electron chi connectivity index (χ3n) is 1.08. The Labute approximate surface area is 60.4 Å². The van der Waals surface area contributed by atoms with Gasteiger partial charge in [-0.3, -0.25) is 0 Å². The summed E-state index contributed by atoms with van der Waals surface area (Å²) in [6.45, 7) is 1.75. The highest BCUT2D eigenvalue weighted by Crippen LogP contribution is 2.07. The van der Waals surface area contributed by atoms with E-state index in [2.05, 4.69) is 0 Å². The molecule has 2 N–H and O–H groups in total. The molecule has 0 radical (unpaired) electrons. The van der Waals surface area contributed by atoms with Gasteiger partial charge in [0.25, 0.3) is 0 Å². The van der Waals surface area contributed by atoms with Crippen LogP contribution in [0.4, 0.5) is 0 Å². The van der Waals surface area contributed by atoms with E-state index in [-0.39, 0.29) is 0 Å². The fourth-order valence-corrected chi connectivity index (χ4v) is 0.998. The molecule has 0 amide bonds. The van der Waals surface area contributed by atoms with Crippen molar-refractivity contribution >= 4 is 11.8 Å². The van der Waals surface area contributed by atoms with Crippen LogP contribution in [0.5, 0.6) is 0 Å². The molecule has 3 heteroatoms. The average Bonchev–Trinajstić information content (AvgIpc) is 1.84. The summed E-state index contributed by atoms with van der Waals surface area (Å²) in [7, 11) is 0. The Morgan fingerprint density at radius 1 is 1.78 bits per heavy atom. The van der Waals surface area contributed by atoms with Gasteiger partial charge in [0.15, 0.2) is 0 Å². The molecular formula is C6H12N2S. The summed E-state index contributed by atoms with van der Waals surface area (Å²) in [6.07, 6.45) is 2.78. The average molecular weight is 144 g/mol. The normalized spacial score (nSPS) is 16.2. The van der Waals surface area contributed by atoms with Gasteiger partial charge in [-0.15, -0.1) is 0 Å². The lowest BCUT2D eigenvalue weighted by Gasteiger charge is -2.12. The second-order valence-corrected chi connectivity index (χ2v) is 3.26. The minimum absolute atomic E-state index is 0.622. The van der Waals surface area contributed by atoms with E-state index >= 15 is 0 Å². The van der Waals surface area contributed by atoms with Crippen LogP contribution in [-0.2, 0) is 0 Å². The lowest BCUT2D eigenvalue weighted by Crippen LogP contribution is -2.34. The molecule has 0 aliphatic heterocycles. The van der Waals surface area contributed by atoms with Crippen LogP contribution in [0.15, 0.2) is 0 Å². The van der Waals surface area contributed by atoms with Gasteiger partial charge in [-0.25, -0.2) is 0 Å². The van der Waals surface area contributed by atoms with Crippen LogP contribution in [0.3, 0.4) is 0 Å². The quantitative estimate of drug-likeness (QED) is 0.642. The van der Waals surface area contributed by atoms with E-state index in [0.717, 1.165) is 12.2 Å². The number of hydrogen-bond donors (Lipinski definition) is 1. The Balaban J connectivity index is 3.49. The number of rotatable bonds is 3. The number of hydrogen-bond acceptors (Lipinski definition) is 3. The van der Waals surface area contributed by atoms with Gasteiger partial charge in [0.2, 0.25) is 0 Å². The van der Waals surface area contributed by atoms with E-state index in [4.69, 9.17) is 11.0 Å². The highest BCUT2D eigenvalue weighted by atomic mass is 32.2. The molecule has 2 nitrogen and oxygen atoms in total. The zero-order valence-electron chi connectivity index (χ0n) is 5.85. The van der Waals surface area contributed by atoms with Crippen LogP contribution in [-0.4, -0.2) is 17.5 Å². The Kier molecular flexibility index (Phi) is 3.67. The largest absolute Gasteiger partial charge is 0.314 e. The van der Waals surface area contributed by atoms with Crippen molar-refractivity contribution in [2.45, 2.75) is 18.9 Å². The molecule has 0 heterocycles. The first-order valence-electron chi connectivity index (χ1n) is 2.81. The van der Waals surface area contributed by atoms with Crippen molar-refractivity contribution in [2.24, 2.45) is 5.73 Å². The minimum atomic E-state index is -0.622. The summed E-state index contributed by atoms with van der Waals surface area (Å²) >= 11 is 1.71. The maximum absolute atomic E-state index is 8.44. The highest BCUT2D eigenvalue weighted by molar-refractivity contribution is 7.98. The van der Waals surface area contributed by atoms with Crippen LogP contribution < -0.4 is 5.73 Å². The van der Waals surface area contributed by atoms with Gasteiger partial charge >= 0.3 is 0 Å². The predicted octanol–water partition coefficient (Wildman–Crippen LogP) is 0.980. The molecule has 1 unspecified atom stereocenters. The molecule has 0 aromatic carbocycles. The minimum Gasteiger partial charge on any atom is -0.314 e. The molecule has 52 valence electrons. The predicted molar refractivity (Wildman–Crippen MR) is 41.2 cm³/mol. The molecule has 0 aliphatic carbocycles. The fraction of sp³-hybridized carbons (Fsp3) is 0.833. The van der Waals surface area contributed by atoms with Crippen LogP contribution in [0.2, 0.25) is 0 Å². The summed E-state index contributed by atoms with van der Waals surface area (Å²) in [5.74, 6) is 0.959. The Bertz CT molecular complexity index is 115.